The molecule has 0 aliphatic heterocycles. The second-order valence-corrected chi connectivity index (χ2v) is 6.97. The fourth-order valence-corrected chi connectivity index (χ4v) is 3.94. The molecular weight excluding hydrogens is 314 g/mol. The van der Waals surface area contributed by atoms with Gasteiger partial charge in [-0.2, -0.15) is 5.21 Å². The van der Waals surface area contributed by atoms with Gasteiger partial charge in [-0.3, -0.25) is 5.32 Å². The molecule has 8 heteroatoms. The Hall–Kier alpha value is -1.28. The number of nitrogens with one attached hydrogen (secondary N) is 2. The Morgan fingerprint density at radius 3 is 2.80 bits per heavy atom. The number of hydrogen-bond acceptors (Lipinski definition) is 6. The summed E-state index contributed by atoms with van der Waals surface area (Å²) in [7, 11) is 0. The van der Waals surface area contributed by atoms with Crippen molar-refractivity contribution in [2.75, 3.05) is 0 Å². The second kappa shape index (κ2) is 6.01. The lowest BCUT2D eigenvalue weighted by Gasteiger charge is -2.19. The summed E-state index contributed by atoms with van der Waals surface area (Å²) in [6.45, 7) is 2.01. The van der Waals surface area contributed by atoms with Crippen LogP contribution < -0.4 is 5.32 Å². The standard InChI is InChI=1S/C12H12ClN5S2/c1-7(12-15-17-18-16-12)14-11(8-3-2-6-19-8)9-4-5-10(13)20-9/h2-7,11,14H,1H3,(H,15,16,17,18). The average molecular weight is 326 g/mol. The van der Waals surface area contributed by atoms with Gasteiger partial charge in [0.15, 0.2) is 5.82 Å². The van der Waals surface area contributed by atoms with Crippen molar-refractivity contribution in [2.45, 2.75) is 19.0 Å². The molecule has 3 aromatic rings. The molecule has 0 saturated carbocycles. The third-order valence-corrected chi connectivity index (χ3v) is 5.11. The predicted octanol–water partition coefficient (Wildman–Crippen LogP) is 3.42. The van der Waals surface area contributed by atoms with Crippen LogP contribution in [0.15, 0.2) is 29.6 Å². The molecule has 0 fully saturated rings. The number of aromatic amines is 1. The van der Waals surface area contributed by atoms with E-state index in [2.05, 4.69) is 37.4 Å². The first kappa shape index (κ1) is 13.7. The van der Waals surface area contributed by atoms with Crippen molar-refractivity contribution in [1.29, 1.82) is 0 Å². The van der Waals surface area contributed by atoms with Gasteiger partial charge in [0, 0.05) is 9.75 Å². The van der Waals surface area contributed by atoms with Crippen molar-refractivity contribution in [3.63, 3.8) is 0 Å². The van der Waals surface area contributed by atoms with Gasteiger partial charge in [0.05, 0.1) is 16.4 Å². The third-order valence-electron chi connectivity index (χ3n) is 2.87. The van der Waals surface area contributed by atoms with Crippen LogP contribution in [0.25, 0.3) is 0 Å². The van der Waals surface area contributed by atoms with Crippen LogP contribution in [0.5, 0.6) is 0 Å². The van der Waals surface area contributed by atoms with Crippen molar-refractivity contribution >= 4 is 34.3 Å². The lowest BCUT2D eigenvalue weighted by Crippen LogP contribution is -2.25. The molecule has 0 spiro atoms. The maximum absolute atomic E-state index is 6.06. The molecule has 104 valence electrons. The first-order valence-electron chi connectivity index (χ1n) is 6.02. The molecule has 2 atom stereocenters. The van der Waals surface area contributed by atoms with E-state index in [4.69, 9.17) is 11.6 Å². The van der Waals surface area contributed by atoms with E-state index in [9.17, 15) is 0 Å². The lowest BCUT2D eigenvalue weighted by atomic mass is 10.1. The molecule has 3 rings (SSSR count). The summed E-state index contributed by atoms with van der Waals surface area (Å²) in [4.78, 5) is 2.41. The van der Waals surface area contributed by atoms with E-state index in [1.54, 1.807) is 22.7 Å². The van der Waals surface area contributed by atoms with Crippen LogP contribution in [0.2, 0.25) is 4.34 Å². The van der Waals surface area contributed by atoms with Gasteiger partial charge >= 0.3 is 0 Å². The van der Waals surface area contributed by atoms with Crippen molar-refractivity contribution in [3.05, 3.63) is 49.6 Å². The van der Waals surface area contributed by atoms with Crippen LogP contribution in [-0.2, 0) is 0 Å². The minimum atomic E-state index is -0.0123. The van der Waals surface area contributed by atoms with Gasteiger partial charge in [-0.25, -0.2) is 0 Å². The highest BCUT2D eigenvalue weighted by molar-refractivity contribution is 7.16. The fraction of sp³-hybridized carbons (Fsp3) is 0.250. The Morgan fingerprint density at radius 1 is 1.30 bits per heavy atom. The third kappa shape index (κ3) is 2.90. The van der Waals surface area contributed by atoms with Gasteiger partial charge in [-0.05, 0) is 30.5 Å². The average Bonchev–Trinajstić information content (AvgIpc) is 3.17. The summed E-state index contributed by atoms with van der Waals surface area (Å²) < 4.78 is 0.788. The zero-order valence-corrected chi connectivity index (χ0v) is 13.0. The highest BCUT2D eigenvalue weighted by atomic mass is 35.5. The normalized spacial score (nSPS) is 14.3. The smallest absolute Gasteiger partial charge is 0.191 e. The highest BCUT2D eigenvalue weighted by Crippen LogP contribution is 2.34. The molecule has 20 heavy (non-hydrogen) atoms. The maximum Gasteiger partial charge on any atom is 0.191 e. The number of rotatable bonds is 5. The van der Waals surface area contributed by atoms with Crippen molar-refractivity contribution < 1.29 is 0 Å². The number of thiophene rings is 2. The second-order valence-electron chi connectivity index (χ2n) is 4.25. The number of nitrogens with zero attached hydrogens (tertiary/aromatic N) is 3. The van der Waals surface area contributed by atoms with Crippen LogP contribution in [0, 0.1) is 0 Å². The van der Waals surface area contributed by atoms with E-state index in [1.807, 2.05) is 25.1 Å². The Balaban J connectivity index is 1.87. The Bertz CT molecular complexity index is 649. The SMILES string of the molecule is CC(NC(c1cccs1)c1ccc(Cl)s1)c1nn[nH]n1. The first-order chi connectivity index (χ1) is 9.74. The molecule has 0 saturated heterocycles. The van der Waals surface area contributed by atoms with Crippen molar-refractivity contribution in [3.8, 4) is 0 Å². The van der Waals surface area contributed by atoms with Gasteiger partial charge in [-0.15, -0.1) is 32.9 Å². The molecular formula is C12H12ClN5S2. The molecule has 0 bridgehead atoms. The lowest BCUT2D eigenvalue weighted by molar-refractivity contribution is 0.505. The molecule has 0 aromatic carbocycles. The summed E-state index contributed by atoms with van der Waals surface area (Å²) in [6, 6.07) is 8.19. The molecule has 0 aliphatic rings. The molecule has 0 amide bonds. The van der Waals surface area contributed by atoms with Gasteiger partial charge < -0.3 is 0 Å². The monoisotopic (exact) mass is 325 g/mol. The zero-order valence-electron chi connectivity index (χ0n) is 10.6. The Kier molecular flexibility index (Phi) is 4.11. The van der Waals surface area contributed by atoms with Crippen LogP contribution in [0.4, 0.5) is 0 Å². The quantitative estimate of drug-likeness (QED) is 0.754. The summed E-state index contributed by atoms with van der Waals surface area (Å²) in [5, 5.41) is 19.7. The summed E-state index contributed by atoms with van der Waals surface area (Å²) in [5.74, 6) is 0.647. The Morgan fingerprint density at radius 2 is 2.20 bits per heavy atom. The number of hydrogen-bond donors (Lipinski definition) is 2. The molecule has 3 heterocycles. The molecule has 2 N–H and O–H groups in total. The summed E-state index contributed by atoms with van der Waals surface area (Å²) in [6.07, 6.45) is 0. The van der Waals surface area contributed by atoms with E-state index >= 15 is 0 Å². The predicted molar refractivity (Wildman–Crippen MR) is 81.2 cm³/mol. The molecule has 3 aromatic heterocycles. The fourth-order valence-electron chi connectivity index (χ4n) is 1.92. The molecule has 5 nitrogen and oxygen atoms in total. The van der Waals surface area contributed by atoms with Crippen molar-refractivity contribution in [2.24, 2.45) is 0 Å². The minimum Gasteiger partial charge on any atom is -0.295 e. The molecule has 0 aliphatic carbocycles. The van der Waals surface area contributed by atoms with E-state index in [0.717, 1.165) is 4.34 Å². The number of halogens is 1. The van der Waals surface area contributed by atoms with Crippen molar-refractivity contribution in [1.82, 2.24) is 25.9 Å². The van der Waals surface area contributed by atoms with Crippen LogP contribution >= 0.6 is 34.3 Å². The zero-order chi connectivity index (χ0) is 13.9. The van der Waals surface area contributed by atoms with E-state index in [-0.39, 0.29) is 12.1 Å². The highest BCUT2D eigenvalue weighted by Gasteiger charge is 2.21. The van der Waals surface area contributed by atoms with Gasteiger partial charge in [0.1, 0.15) is 0 Å². The van der Waals surface area contributed by atoms with Gasteiger partial charge in [0.2, 0.25) is 0 Å². The van der Waals surface area contributed by atoms with Crippen LogP contribution in [0.1, 0.15) is 34.6 Å². The first-order valence-corrected chi connectivity index (χ1v) is 8.09. The molecule has 0 radical (unpaired) electrons. The van der Waals surface area contributed by atoms with E-state index in [1.165, 1.54) is 9.75 Å². The van der Waals surface area contributed by atoms with E-state index < -0.39 is 0 Å². The number of aromatic nitrogens is 4. The van der Waals surface area contributed by atoms with E-state index in [0.29, 0.717) is 5.82 Å². The number of tetrazole rings is 1. The Labute approximate surface area is 129 Å². The summed E-state index contributed by atoms with van der Waals surface area (Å²) >= 11 is 9.35. The number of H-pyrrole nitrogens is 1. The van der Waals surface area contributed by atoms with Gasteiger partial charge in [0.25, 0.3) is 0 Å². The maximum atomic E-state index is 6.06. The van der Waals surface area contributed by atoms with Crippen LogP contribution in [0.3, 0.4) is 0 Å². The van der Waals surface area contributed by atoms with Gasteiger partial charge in [-0.1, -0.05) is 22.9 Å². The van der Waals surface area contributed by atoms with Crippen LogP contribution in [-0.4, -0.2) is 20.6 Å². The molecule has 2 unspecified atom stereocenters. The topological polar surface area (TPSA) is 66.5 Å². The summed E-state index contributed by atoms with van der Waals surface area (Å²) in [5.41, 5.74) is 0. The minimum absolute atomic E-state index is 0.0123. The largest absolute Gasteiger partial charge is 0.295 e.